The molecule has 0 saturated carbocycles. The van der Waals surface area contributed by atoms with E-state index in [2.05, 4.69) is 5.32 Å². The minimum Gasteiger partial charge on any atom is -0.313 e. The Kier molecular flexibility index (Phi) is 6.32. The van der Waals surface area contributed by atoms with Gasteiger partial charge in [0.2, 0.25) is 0 Å². The maximum Gasteiger partial charge on any atom is 0.390 e. The summed E-state index contributed by atoms with van der Waals surface area (Å²) in [5.41, 5.74) is 0. The first-order valence-electron chi connectivity index (χ1n) is 5.17. The average molecular weight is 261 g/mol. The molecular formula is C9H18F3NO2S. The molecule has 98 valence electrons. The SMILES string of the molecule is CCCS(=O)(=O)CCNC(C)CC(F)(F)F. The monoisotopic (exact) mass is 261 g/mol. The normalized spacial score (nSPS) is 15.1. The van der Waals surface area contributed by atoms with Gasteiger partial charge in [-0.25, -0.2) is 8.42 Å². The van der Waals surface area contributed by atoms with Crippen molar-refractivity contribution >= 4 is 9.84 Å². The summed E-state index contributed by atoms with van der Waals surface area (Å²) in [6.45, 7) is 3.21. The molecule has 0 aliphatic rings. The smallest absolute Gasteiger partial charge is 0.313 e. The van der Waals surface area contributed by atoms with E-state index in [9.17, 15) is 21.6 Å². The lowest BCUT2D eigenvalue weighted by Gasteiger charge is -2.15. The number of nitrogens with one attached hydrogen (secondary N) is 1. The minimum atomic E-state index is -4.21. The van der Waals surface area contributed by atoms with E-state index in [-0.39, 0.29) is 18.1 Å². The van der Waals surface area contributed by atoms with Crippen LogP contribution in [0.25, 0.3) is 0 Å². The van der Waals surface area contributed by atoms with Crippen molar-refractivity contribution in [3.05, 3.63) is 0 Å². The van der Waals surface area contributed by atoms with E-state index < -0.39 is 28.5 Å². The largest absolute Gasteiger partial charge is 0.390 e. The van der Waals surface area contributed by atoms with E-state index in [1.54, 1.807) is 6.92 Å². The Morgan fingerprint density at radius 2 is 1.81 bits per heavy atom. The van der Waals surface area contributed by atoms with Gasteiger partial charge in [0.1, 0.15) is 0 Å². The van der Waals surface area contributed by atoms with Gasteiger partial charge in [0.25, 0.3) is 0 Å². The predicted molar refractivity (Wildman–Crippen MR) is 57.1 cm³/mol. The average Bonchev–Trinajstić information content (AvgIpc) is 1.99. The lowest BCUT2D eigenvalue weighted by Crippen LogP contribution is -2.34. The number of halogens is 3. The molecule has 0 fully saturated rings. The molecule has 0 amide bonds. The van der Waals surface area contributed by atoms with Crippen LogP contribution < -0.4 is 5.32 Å². The molecule has 0 spiro atoms. The van der Waals surface area contributed by atoms with Crippen molar-refractivity contribution in [3.8, 4) is 0 Å². The molecule has 0 aromatic carbocycles. The molecule has 1 unspecified atom stereocenters. The molecule has 1 atom stereocenters. The maximum atomic E-state index is 11.9. The van der Waals surface area contributed by atoms with E-state index in [1.807, 2.05) is 0 Å². The molecule has 1 N–H and O–H groups in total. The van der Waals surface area contributed by atoms with Crippen LogP contribution in [0.1, 0.15) is 26.7 Å². The van der Waals surface area contributed by atoms with Gasteiger partial charge in [-0.2, -0.15) is 13.2 Å². The van der Waals surface area contributed by atoms with Gasteiger partial charge in [-0.15, -0.1) is 0 Å². The van der Waals surface area contributed by atoms with Crippen molar-refractivity contribution in [2.45, 2.75) is 38.9 Å². The second kappa shape index (κ2) is 6.44. The number of alkyl halides is 3. The zero-order chi connectivity index (χ0) is 12.8. The molecule has 0 heterocycles. The third-order valence-corrected chi connectivity index (χ3v) is 3.82. The van der Waals surface area contributed by atoms with Crippen LogP contribution in [-0.2, 0) is 9.84 Å². The molecule has 0 aromatic heterocycles. The van der Waals surface area contributed by atoms with Gasteiger partial charge in [-0.1, -0.05) is 6.92 Å². The van der Waals surface area contributed by atoms with Crippen LogP contribution in [0.2, 0.25) is 0 Å². The zero-order valence-corrected chi connectivity index (χ0v) is 10.3. The highest BCUT2D eigenvalue weighted by Gasteiger charge is 2.29. The first kappa shape index (κ1) is 15.7. The van der Waals surface area contributed by atoms with Crippen LogP contribution in [0, 0.1) is 0 Å². The molecule has 0 aliphatic carbocycles. The Bertz CT molecular complexity index is 288. The Morgan fingerprint density at radius 1 is 1.25 bits per heavy atom. The predicted octanol–water partition coefficient (Wildman–Crippen LogP) is 1.74. The van der Waals surface area contributed by atoms with Crippen molar-refractivity contribution in [3.63, 3.8) is 0 Å². The topological polar surface area (TPSA) is 46.2 Å². The number of hydrogen-bond acceptors (Lipinski definition) is 3. The van der Waals surface area contributed by atoms with Crippen molar-refractivity contribution < 1.29 is 21.6 Å². The zero-order valence-electron chi connectivity index (χ0n) is 9.47. The Balaban J connectivity index is 3.82. The van der Waals surface area contributed by atoms with Gasteiger partial charge in [0, 0.05) is 18.3 Å². The van der Waals surface area contributed by atoms with Crippen LogP contribution in [-0.4, -0.2) is 38.7 Å². The standard InChI is InChI=1S/C9H18F3NO2S/c1-3-5-16(14,15)6-4-13-8(2)7-9(10,11)12/h8,13H,3-7H2,1-2H3. The van der Waals surface area contributed by atoms with Crippen molar-refractivity contribution in [2.24, 2.45) is 0 Å². The van der Waals surface area contributed by atoms with Crippen LogP contribution in [0.5, 0.6) is 0 Å². The van der Waals surface area contributed by atoms with E-state index in [0.29, 0.717) is 6.42 Å². The first-order valence-corrected chi connectivity index (χ1v) is 6.99. The molecule has 0 aromatic rings. The molecule has 0 rings (SSSR count). The van der Waals surface area contributed by atoms with Crippen molar-refractivity contribution in [1.82, 2.24) is 5.32 Å². The number of rotatable bonds is 7. The highest BCUT2D eigenvalue weighted by atomic mass is 32.2. The summed E-state index contributed by atoms with van der Waals surface area (Å²) in [7, 11) is -3.11. The molecule has 0 saturated heterocycles. The third kappa shape index (κ3) is 8.96. The summed E-state index contributed by atoms with van der Waals surface area (Å²) in [4.78, 5) is 0. The summed E-state index contributed by atoms with van der Waals surface area (Å²) >= 11 is 0. The molecule has 0 bridgehead atoms. The van der Waals surface area contributed by atoms with Gasteiger partial charge >= 0.3 is 6.18 Å². The van der Waals surface area contributed by atoms with Gasteiger partial charge in [0.05, 0.1) is 12.2 Å². The summed E-state index contributed by atoms with van der Waals surface area (Å²) in [6.07, 6.45) is -4.63. The van der Waals surface area contributed by atoms with E-state index in [1.165, 1.54) is 6.92 Å². The molecule has 0 aliphatic heterocycles. The highest BCUT2D eigenvalue weighted by Crippen LogP contribution is 2.21. The Labute approximate surface area is 94.3 Å². The van der Waals surface area contributed by atoms with Gasteiger partial charge in [-0.05, 0) is 13.3 Å². The highest BCUT2D eigenvalue weighted by molar-refractivity contribution is 7.91. The van der Waals surface area contributed by atoms with E-state index >= 15 is 0 Å². The molecule has 16 heavy (non-hydrogen) atoms. The Hall–Kier alpha value is -0.300. The second-order valence-electron chi connectivity index (χ2n) is 3.83. The fourth-order valence-corrected chi connectivity index (χ4v) is 2.55. The van der Waals surface area contributed by atoms with Crippen LogP contribution in [0.3, 0.4) is 0 Å². The van der Waals surface area contributed by atoms with Crippen molar-refractivity contribution in [2.75, 3.05) is 18.1 Å². The van der Waals surface area contributed by atoms with Crippen molar-refractivity contribution in [1.29, 1.82) is 0 Å². The molecule has 0 radical (unpaired) electrons. The van der Waals surface area contributed by atoms with Crippen LogP contribution in [0.4, 0.5) is 13.2 Å². The minimum absolute atomic E-state index is 0.0690. The first-order chi connectivity index (χ1) is 7.16. The lowest BCUT2D eigenvalue weighted by atomic mass is 10.2. The quantitative estimate of drug-likeness (QED) is 0.759. The van der Waals surface area contributed by atoms with E-state index in [0.717, 1.165) is 0 Å². The second-order valence-corrected chi connectivity index (χ2v) is 6.13. The fourth-order valence-electron chi connectivity index (χ4n) is 1.29. The van der Waals surface area contributed by atoms with Gasteiger partial charge < -0.3 is 5.32 Å². The Morgan fingerprint density at radius 3 is 2.25 bits per heavy atom. The van der Waals surface area contributed by atoms with Gasteiger partial charge in [0.15, 0.2) is 9.84 Å². The van der Waals surface area contributed by atoms with Crippen LogP contribution >= 0.6 is 0 Å². The van der Waals surface area contributed by atoms with Crippen LogP contribution in [0.15, 0.2) is 0 Å². The molecular weight excluding hydrogens is 243 g/mol. The molecule has 7 heteroatoms. The number of sulfone groups is 1. The van der Waals surface area contributed by atoms with E-state index in [4.69, 9.17) is 0 Å². The summed E-state index contributed by atoms with van der Waals surface area (Å²) in [6, 6.07) is -0.753. The molecule has 3 nitrogen and oxygen atoms in total. The maximum absolute atomic E-state index is 11.9. The number of hydrogen-bond donors (Lipinski definition) is 1. The third-order valence-electron chi connectivity index (χ3n) is 1.96. The fraction of sp³-hybridized carbons (Fsp3) is 1.00. The lowest BCUT2D eigenvalue weighted by molar-refractivity contribution is -0.138. The summed E-state index contributed by atoms with van der Waals surface area (Å²) in [5, 5.41) is 2.55. The summed E-state index contributed by atoms with van der Waals surface area (Å²) < 4.78 is 58.3. The van der Waals surface area contributed by atoms with Gasteiger partial charge in [-0.3, -0.25) is 0 Å². The summed E-state index contributed by atoms with van der Waals surface area (Å²) in [5.74, 6) is -0.0225.